The molecule has 8 heteroatoms. The average molecular weight is 310 g/mol. The van der Waals surface area contributed by atoms with Gasteiger partial charge in [-0.15, -0.1) is 0 Å². The Balaban J connectivity index is 2.43. The van der Waals surface area contributed by atoms with Crippen LogP contribution in [0, 0.1) is 18.3 Å². The smallest absolute Gasteiger partial charge is 0.324 e. The van der Waals surface area contributed by atoms with E-state index in [0.29, 0.717) is 11.1 Å². The van der Waals surface area contributed by atoms with E-state index < -0.39 is 22.0 Å². The minimum atomic E-state index is -3.94. The maximum absolute atomic E-state index is 12.6. The van der Waals surface area contributed by atoms with Crippen LogP contribution in [0.4, 0.5) is 0 Å². The molecule has 1 aromatic rings. The number of benzene rings is 1. The average Bonchev–Trinajstić information content (AvgIpc) is 2.47. The Kier molecular flexibility index (Phi) is 4.27. The van der Waals surface area contributed by atoms with Crippen LogP contribution in [0.3, 0.4) is 0 Å². The van der Waals surface area contributed by atoms with Crippen LogP contribution in [0.1, 0.15) is 11.1 Å². The number of ether oxygens (including phenoxy) is 1. The molecule has 0 aliphatic carbocycles. The summed E-state index contributed by atoms with van der Waals surface area (Å²) in [6, 6.07) is 4.83. The van der Waals surface area contributed by atoms with Gasteiger partial charge in [0.05, 0.1) is 29.7 Å². The van der Waals surface area contributed by atoms with Crippen molar-refractivity contribution in [1.82, 2.24) is 4.31 Å². The number of carbonyl (C=O) groups is 1. The predicted molar refractivity (Wildman–Crippen MR) is 72.0 cm³/mol. The molecule has 0 bridgehead atoms. The zero-order chi connectivity index (χ0) is 15.6. The van der Waals surface area contributed by atoms with Gasteiger partial charge in [-0.1, -0.05) is 0 Å². The van der Waals surface area contributed by atoms with E-state index in [1.54, 1.807) is 6.92 Å². The SMILES string of the molecule is Cc1cc(S(=O)(=O)N2CCOCC2C(=O)O)ccc1C#N. The van der Waals surface area contributed by atoms with E-state index in [9.17, 15) is 13.2 Å². The van der Waals surface area contributed by atoms with Crippen LogP contribution in [0.25, 0.3) is 0 Å². The fourth-order valence-electron chi connectivity index (χ4n) is 2.13. The van der Waals surface area contributed by atoms with Gasteiger partial charge in [-0.2, -0.15) is 9.57 Å². The number of aliphatic carboxylic acids is 1. The van der Waals surface area contributed by atoms with Gasteiger partial charge in [0, 0.05) is 6.54 Å². The number of carboxylic acids is 1. The quantitative estimate of drug-likeness (QED) is 0.862. The van der Waals surface area contributed by atoms with Crippen molar-refractivity contribution in [3.8, 4) is 6.07 Å². The molecule has 112 valence electrons. The second-order valence-corrected chi connectivity index (χ2v) is 6.52. The summed E-state index contributed by atoms with van der Waals surface area (Å²) < 4.78 is 31.1. The van der Waals surface area contributed by atoms with Crippen LogP contribution in [0.15, 0.2) is 23.1 Å². The van der Waals surface area contributed by atoms with E-state index in [1.165, 1.54) is 18.2 Å². The maximum atomic E-state index is 12.6. The normalized spacial score (nSPS) is 19.9. The minimum absolute atomic E-state index is 0.0155. The number of hydrogen-bond acceptors (Lipinski definition) is 5. The molecule has 1 heterocycles. The number of morpholine rings is 1. The lowest BCUT2D eigenvalue weighted by atomic mass is 10.1. The zero-order valence-electron chi connectivity index (χ0n) is 11.3. The molecular weight excluding hydrogens is 296 g/mol. The monoisotopic (exact) mass is 310 g/mol. The summed E-state index contributed by atoms with van der Waals surface area (Å²) in [6.07, 6.45) is 0. The Hall–Kier alpha value is -1.95. The summed E-state index contributed by atoms with van der Waals surface area (Å²) >= 11 is 0. The molecule has 1 unspecified atom stereocenters. The first kappa shape index (κ1) is 15.4. The summed E-state index contributed by atoms with van der Waals surface area (Å²) in [5.41, 5.74) is 0.907. The summed E-state index contributed by atoms with van der Waals surface area (Å²) in [7, 11) is -3.94. The van der Waals surface area contributed by atoms with E-state index in [4.69, 9.17) is 15.1 Å². The summed E-state index contributed by atoms with van der Waals surface area (Å²) in [6.45, 7) is 1.59. The highest BCUT2D eigenvalue weighted by atomic mass is 32.2. The van der Waals surface area contributed by atoms with Crippen molar-refractivity contribution in [2.45, 2.75) is 17.9 Å². The van der Waals surface area contributed by atoms with Crippen molar-refractivity contribution >= 4 is 16.0 Å². The van der Waals surface area contributed by atoms with Crippen LogP contribution >= 0.6 is 0 Å². The van der Waals surface area contributed by atoms with Crippen molar-refractivity contribution in [2.24, 2.45) is 0 Å². The predicted octanol–water partition coefficient (Wildman–Crippen LogP) is 0.341. The Morgan fingerprint density at radius 2 is 2.24 bits per heavy atom. The minimum Gasteiger partial charge on any atom is -0.480 e. The van der Waals surface area contributed by atoms with E-state index in [-0.39, 0.29) is 24.7 Å². The number of sulfonamides is 1. The first-order chi connectivity index (χ1) is 9.87. The lowest BCUT2D eigenvalue weighted by Crippen LogP contribution is -2.52. The van der Waals surface area contributed by atoms with Gasteiger partial charge in [-0.3, -0.25) is 4.79 Å². The number of nitriles is 1. The fraction of sp³-hybridized carbons (Fsp3) is 0.385. The second kappa shape index (κ2) is 5.81. The molecule has 0 spiro atoms. The molecule has 0 amide bonds. The summed E-state index contributed by atoms with van der Waals surface area (Å²) in [4.78, 5) is 11.2. The van der Waals surface area contributed by atoms with Crippen molar-refractivity contribution in [1.29, 1.82) is 5.26 Å². The highest BCUT2D eigenvalue weighted by Gasteiger charge is 2.38. The molecule has 0 saturated carbocycles. The van der Waals surface area contributed by atoms with Gasteiger partial charge in [0.15, 0.2) is 0 Å². The van der Waals surface area contributed by atoms with Crippen LogP contribution in [0.5, 0.6) is 0 Å². The van der Waals surface area contributed by atoms with Crippen molar-refractivity contribution in [2.75, 3.05) is 19.8 Å². The van der Waals surface area contributed by atoms with Gasteiger partial charge in [0.2, 0.25) is 10.0 Å². The topological polar surface area (TPSA) is 108 Å². The number of rotatable bonds is 3. The highest BCUT2D eigenvalue weighted by Crippen LogP contribution is 2.22. The molecule has 1 fully saturated rings. The third-order valence-electron chi connectivity index (χ3n) is 3.29. The largest absolute Gasteiger partial charge is 0.480 e. The van der Waals surface area contributed by atoms with Gasteiger partial charge in [0.1, 0.15) is 6.04 Å². The molecule has 0 aromatic heterocycles. The molecule has 1 aliphatic rings. The molecule has 1 N–H and O–H groups in total. The third kappa shape index (κ3) is 2.90. The van der Waals surface area contributed by atoms with Gasteiger partial charge in [0.25, 0.3) is 0 Å². The Morgan fingerprint density at radius 3 is 2.81 bits per heavy atom. The van der Waals surface area contributed by atoms with Crippen molar-refractivity contribution in [3.63, 3.8) is 0 Å². The molecule has 21 heavy (non-hydrogen) atoms. The van der Waals surface area contributed by atoms with Crippen LogP contribution in [-0.2, 0) is 19.6 Å². The van der Waals surface area contributed by atoms with Crippen molar-refractivity contribution in [3.05, 3.63) is 29.3 Å². The third-order valence-corrected chi connectivity index (χ3v) is 5.19. The van der Waals surface area contributed by atoms with Gasteiger partial charge >= 0.3 is 5.97 Å². The molecule has 2 rings (SSSR count). The molecule has 7 nitrogen and oxygen atoms in total. The highest BCUT2D eigenvalue weighted by molar-refractivity contribution is 7.89. The summed E-state index contributed by atoms with van der Waals surface area (Å²) in [5, 5.41) is 18.0. The van der Waals surface area contributed by atoms with E-state index in [1.807, 2.05) is 6.07 Å². The maximum Gasteiger partial charge on any atom is 0.324 e. The first-order valence-corrected chi connectivity index (χ1v) is 7.65. The number of aryl methyl sites for hydroxylation is 1. The number of hydrogen-bond donors (Lipinski definition) is 1. The molecule has 1 aliphatic heterocycles. The van der Waals surface area contributed by atoms with E-state index in [2.05, 4.69) is 0 Å². The molecule has 1 atom stereocenters. The van der Waals surface area contributed by atoms with Gasteiger partial charge in [-0.25, -0.2) is 8.42 Å². The van der Waals surface area contributed by atoms with Crippen LogP contribution in [-0.4, -0.2) is 49.6 Å². The first-order valence-electron chi connectivity index (χ1n) is 6.21. The van der Waals surface area contributed by atoms with E-state index >= 15 is 0 Å². The van der Waals surface area contributed by atoms with Crippen LogP contribution < -0.4 is 0 Å². The number of carboxylic acid groups (broad SMARTS) is 1. The molecule has 0 radical (unpaired) electrons. The van der Waals surface area contributed by atoms with Gasteiger partial charge < -0.3 is 9.84 Å². The standard InChI is InChI=1S/C13H14N2O5S/c1-9-6-11(3-2-10(9)7-14)21(18,19)15-4-5-20-8-12(15)13(16)17/h2-3,6,12H,4-5,8H2,1H3,(H,16,17). The van der Waals surface area contributed by atoms with Crippen molar-refractivity contribution < 1.29 is 23.1 Å². The summed E-state index contributed by atoms with van der Waals surface area (Å²) in [5.74, 6) is -1.25. The van der Waals surface area contributed by atoms with Gasteiger partial charge in [-0.05, 0) is 30.7 Å². The second-order valence-electron chi connectivity index (χ2n) is 4.63. The Bertz CT molecular complexity index is 708. The number of nitrogens with zero attached hydrogens (tertiary/aromatic N) is 2. The molecule has 1 saturated heterocycles. The van der Waals surface area contributed by atoms with E-state index in [0.717, 1.165) is 4.31 Å². The van der Waals surface area contributed by atoms with Crippen LogP contribution in [0.2, 0.25) is 0 Å². The Labute approximate surface area is 122 Å². The Morgan fingerprint density at radius 1 is 1.52 bits per heavy atom. The zero-order valence-corrected chi connectivity index (χ0v) is 12.1. The lowest BCUT2D eigenvalue weighted by molar-refractivity contribution is -0.146. The lowest BCUT2D eigenvalue weighted by Gasteiger charge is -2.31. The molecular formula is C13H14N2O5S. The fourth-order valence-corrected chi connectivity index (χ4v) is 3.77. The molecule has 1 aromatic carbocycles.